The van der Waals surface area contributed by atoms with E-state index in [1.165, 1.54) is 0 Å². The first-order valence-corrected chi connectivity index (χ1v) is 6.50. The summed E-state index contributed by atoms with van der Waals surface area (Å²) in [5.41, 5.74) is 1.38. The molecule has 0 radical (unpaired) electrons. The maximum Gasteiger partial charge on any atom is 0.339 e. The van der Waals surface area contributed by atoms with Crippen LogP contribution in [0.15, 0.2) is 53.0 Å². The number of halogens is 2. The van der Waals surface area contributed by atoms with Gasteiger partial charge in [-0.05, 0) is 39.7 Å². The minimum Gasteiger partial charge on any atom is -0.457 e. The molecule has 92 valence electrons. The fraction of sp³-hybridized carbons (Fsp3) is 0.0714. The first-order valence-electron chi connectivity index (χ1n) is 5.33. The molecule has 0 unspecified atom stereocenters. The highest BCUT2D eigenvalue weighted by molar-refractivity contribution is 9.10. The Labute approximate surface area is 119 Å². The average Bonchev–Trinajstić information content (AvgIpc) is 2.40. The summed E-state index contributed by atoms with van der Waals surface area (Å²) < 4.78 is 5.89. The number of carbonyl (C=O) groups is 1. The van der Waals surface area contributed by atoms with Crippen LogP contribution >= 0.6 is 27.5 Å². The Morgan fingerprint density at radius 2 is 1.89 bits per heavy atom. The molecule has 0 saturated heterocycles. The molecule has 0 saturated carbocycles. The van der Waals surface area contributed by atoms with E-state index in [1.54, 1.807) is 18.2 Å². The van der Waals surface area contributed by atoms with Crippen molar-refractivity contribution in [3.05, 3.63) is 69.2 Å². The predicted octanol–water partition coefficient (Wildman–Crippen LogP) is 4.46. The van der Waals surface area contributed by atoms with Gasteiger partial charge in [0, 0.05) is 9.50 Å². The third kappa shape index (κ3) is 3.34. The summed E-state index contributed by atoms with van der Waals surface area (Å²) in [6, 6.07) is 14.5. The van der Waals surface area contributed by atoms with E-state index < -0.39 is 5.97 Å². The lowest BCUT2D eigenvalue weighted by Crippen LogP contribution is -2.06. The lowest BCUT2D eigenvalue weighted by molar-refractivity contribution is 0.0471. The van der Waals surface area contributed by atoms with Gasteiger partial charge < -0.3 is 4.74 Å². The van der Waals surface area contributed by atoms with Crippen LogP contribution < -0.4 is 0 Å². The summed E-state index contributed by atoms with van der Waals surface area (Å²) in [6.07, 6.45) is 0. The van der Waals surface area contributed by atoms with Crippen LogP contribution in [-0.4, -0.2) is 5.97 Å². The molecule has 4 heteroatoms. The van der Waals surface area contributed by atoms with Crippen molar-refractivity contribution < 1.29 is 9.53 Å². The fourth-order valence-corrected chi connectivity index (χ4v) is 2.04. The molecule has 18 heavy (non-hydrogen) atoms. The van der Waals surface area contributed by atoms with E-state index in [4.69, 9.17) is 16.3 Å². The highest BCUT2D eigenvalue weighted by atomic mass is 79.9. The number of rotatable bonds is 3. The number of esters is 1. The molecule has 0 N–H and O–H groups in total. The number of hydrogen-bond acceptors (Lipinski definition) is 2. The Balaban J connectivity index is 2.06. The third-order valence-corrected chi connectivity index (χ3v) is 3.29. The standard InChI is InChI=1S/C14H10BrClO2/c15-13-7-6-11(16)8-12(13)14(17)18-9-10-4-2-1-3-5-10/h1-8H,9H2. The molecule has 2 nitrogen and oxygen atoms in total. The van der Waals surface area contributed by atoms with E-state index in [2.05, 4.69) is 15.9 Å². The summed E-state index contributed by atoms with van der Waals surface area (Å²) in [6.45, 7) is 0.249. The van der Waals surface area contributed by atoms with E-state index in [1.807, 2.05) is 30.3 Å². The second kappa shape index (κ2) is 6.03. The van der Waals surface area contributed by atoms with Crippen molar-refractivity contribution in [1.29, 1.82) is 0 Å². The van der Waals surface area contributed by atoms with Crippen LogP contribution in [0.4, 0.5) is 0 Å². The maximum absolute atomic E-state index is 11.9. The van der Waals surface area contributed by atoms with E-state index in [0.717, 1.165) is 5.56 Å². The van der Waals surface area contributed by atoms with Crippen LogP contribution in [0.5, 0.6) is 0 Å². The van der Waals surface area contributed by atoms with Crippen molar-refractivity contribution in [3.63, 3.8) is 0 Å². The first kappa shape index (κ1) is 13.1. The molecule has 0 spiro atoms. The number of benzene rings is 2. The zero-order chi connectivity index (χ0) is 13.0. The minimum absolute atomic E-state index is 0.249. The summed E-state index contributed by atoms with van der Waals surface area (Å²) in [4.78, 5) is 11.9. The molecule has 0 aromatic heterocycles. The van der Waals surface area contributed by atoms with Crippen LogP contribution in [0.25, 0.3) is 0 Å². The van der Waals surface area contributed by atoms with Gasteiger partial charge in [0.05, 0.1) is 5.56 Å². The SMILES string of the molecule is O=C(OCc1ccccc1)c1cc(Cl)ccc1Br. The molecule has 0 bridgehead atoms. The molecule has 0 atom stereocenters. The van der Waals surface area contributed by atoms with Crippen LogP contribution in [0, 0.1) is 0 Å². The van der Waals surface area contributed by atoms with Gasteiger partial charge in [0.1, 0.15) is 6.61 Å². The summed E-state index contributed by atoms with van der Waals surface area (Å²) >= 11 is 9.15. The van der Waals surface area contributed by atoms with Crippen molar-refractivity contribution in [1.82, 2.24) is 0 Å². The topological polar surface area (TPSA) is 26.3 Å². The second-order valence-electron chi connectivity index (χ2n) is 3.69. The first-order chi connectivity index (χ1) is 8.66. The highest BCUT2D eigenvalue weighted by Gasteiger charge is 2.12. The highest BCUT2D eigenvalue weighted by Crippen LogP contribution is 2.22. The van der Waals surface area contributed by atoms with Gasteiger partial charge >= 0.3 is 5.97 Å². The van der Waals surface area contributed by atoms with Gasteiger partial charge in [-0.25, -0.2) is 4.79 Å². The van der Waals surface area contributed by atoms with Crippen molar-refractivity contribution in [2.24, 2.45) is 0 Å². The molecule has 0 amide bonds. The van der Waals surface area contributed by atoms with Crippen LogP contribution in [0.2, 0.25) is 5.02 Å². The van der Waals surface area contributed by atoms with Crippen molar-refractivity contribution in [2.45, 2.75) is 6.61 Å². The smallest absolute Gasteiger partial charge is 0.339 e. The monoisotopic (exact) mass is 324 g/mol. The van der Waals surface area contributed by atoms with Crippen molar-refractivity contribution in [3.8, 4) is 0 Å². The van der Waals surface area contributed by atoms with E-state index in [0.29, 0.717) is 15.1 Å². The van der Waals surface area contributed by atoms with Gasteiger partial charge in [0.25, 0.3) is 0 Å². The van der Waals surface area contributed by atoms with Crippen molar-refractivity contribution in [2.75, 3.05) is 0 Å². The number of ether oxygens (including phenoxy) is 1. The Bertz CT molecular complexity index is 555. The normalized spacial score (nSPS) is 10.1. The molecule has 2 aromatic rings. The van der Waals surface area contributed by atoms with Crippen LogP contribution in [-0.2, 0) is 11.3 Å². The fourth-order valence-electron chi connectivity index (χ4n) is 1.45. The summed E-state index contributed by atoms with van der Waals surface area (Å²) in [5, 5.41) is 0.505. The van der Waals surface area contributed by atoms with Gasteiger partial charge in [-0.2, -0.15) is 0 Å². The average molecular weight is 326 g/mol. The Hall–Kier alpha value is -1.32. The van der Waals surface area contributed by atoms with Gasteiger partial charge in [-0.3, -0.25) is 0 Å². The quantitative estimate of drug-likeness (QED) is 0.779. The molecule has 2 rings (SSSR count). The Morgan fingerprint density at radius 3 is 2.61 bits per heavy atom. The zero-order valence-corrected chi connectivity index (χ0v) is 11.7. The molecule has 2 aromatic carbocycles. The lowest BCUT2D eigenvalue weighted by atomic mass is 10.2. The molecule has 0 fully saturated rings. The number of carbonyl (C=O) groups excluding carboxylic acids is 1. The van der Waals surface area contributed by atoms with Gasteiger partial charge in [-0.15, -0.1) is 0 Å². The largest absolute Gasteiger partial charge is 0.457 e. The third-order valence-electron chi connectivity index (χ3n) is 2.36. The molecular formula is C14H10BrClO2. The lowest BCUT2D eigenvalue weighted by Gasteiger charge is -2.06. The van der Waals surface area contributed by atoms with Gasteiger partial charge in [0.2, 0.25) is 0 Å². The molecule has 0 heterocycles. The van der Waals surface area contributed by atoms with E-state index in [9.17, 15) is 4.79 Å². The number of hydrogen-bond donors (Lipinski definition) is 0. The predicted molar refractivity (Wildman–Crippen MR) is 74.7 cm³/mol. The van der Waals surface area contributed by atoms with Crippen LogP contribution in [0.1, 0.15) is 15.9 Å². The molecular weight excluding hydrogens is 316 g/mol. The second-order valence-corrected chi connectivity index (χ2v) is 4.98. The van der Waals surface area contributed by atoms with Gasteiger partial charge in [-0.1, -0.05) is 41.9 Å². The molecule has 0 aliphatic carbocycles. The minimum atomic E-state index is -0.395. The van der Waals surface area contributed by atoms with Crippen LogP contribution in [0.3, 0.4) is 0 Å². The summed E-state index contributed by atoms with van der Waals surface area (Å²) in [7, 11) is 0. The van der Waals surface area contributed by atoms with E-state index >= 15 is 0 Å². The summed E-state index contributed by atoms with van der Waals surface area (Å²) in [5.74, 6) is -0.395. The molecule has 0 aliphatic rings. The van der Waals surface area contributed by atoms with Gasteiger partial charge in [0.15, 0.2) is 0 Å². The van der Waals surface area contributed by atoms with Crippen molar-refractivity contribution >= 4 is 33.5 Å². The molecule has 0 aliphatic heterocycles. The van der Waals surface area contributed by atoms with E-state index in [-0.39, 0.29) is 6.61 Å². The maximum atomic E-state index is 11.9. The zero-order valence-electron chi connectivity index (χ0n) is 9.40. The Morgan fingerprint density at radius 1 is 1.17 bits per heavy atom. The Kier molecular flexibility index (Phi) is 4.39.